The lowest BCUT2D eigenvalue weighted by atomic mass is 10.2. The van der Waals surface area contributed by atoms with Crippen LogP contribution in [0.1, 0.15) is 5.56 Å². The Bertz CT molecular complexity index is 997. The van der Waals surface area contributed by atoms with Crippen LogP contribution in [0.4, 0.5) is 13.2 Å². The number of halogens is 3. The van der Waals surface area contributed by atoms with Crippen molar-refractivity contribution in [1.82, 2.24) is 4.72 Å². The highest BCUT2D eigenvalue weighted by molar-refractivity contribution is 7.89. The molecule has 0 aliphatic rings. The summed E-state index contributed by atoms with van der Waals surface area (Å²) in [6, 6.07) is 12.1. The van der Waals surface area contributed by atoms with Crippen molar-refractivity contribution in [3.63, 3.8) is 0 Å². The number of thiophene rings is 1. The van der Waals surface area contributed by atoms with E-state index < -0.39 is 27.0 Å². The zero-order valence-electron chi connectivity index (χ0n) is 12.6. The Morgan fingerprint density at radius 1 is 1.04 bits per heavy atom. The minimum absolute atomic E-state index is 0.0350. The number of ether oxygens (including phenoxy) is 1. The van der Waals surface area contributed by atoms with E-state index in [4.69, 9.17) is 0 Å². The quantitative estimate of drug-likeness (QED) is 0.711. The van der Waals surface area contributed by atoms with Gasteiger partial charge < -0.3 is 4.74 Å². The molecular weight excluding hydrogens is 375 g/mol. The maximum absolute atomic E-state index is 12.5. The zero-order chi connectivity index (χ0) is 18.1. The first-order valence-corrected chi connectivity index (χ1v) is 9.42. The predicted molar refractivity (Wildman–Crippen MR) is 89.0 cm³/mol. The normalized spacial score (nSPS) is 12.4. The summed E-state index contributed by atoms with van der Waals surface area (Å²) in [4.78, 5) is -0.563. The molecule has 0 aliphatic carbocycles. The van der Waals surface area contributed by atoms with Crippen LogP contribution in [-0.2, 0) is 16.6 Å². The Morgan fingerprint density at radius 3 is 2.48 bits per heavy atom. The van der Waals surface area contributed by atoms with Crippen molar-refractivity contribution in [2.45, 2.75) is 17.8 Å². The number of sulfonamides is 1. The average Bonchev–Trinajstić information content (AvgIpc) is 2.95. The second-order valence-corrected chi connectivity index (χ2v) is 7.72. The first-order valence-electron chi connectivity index (χ1n) is 7.06. The minimum Gasteiger partial charge on any atom is -0.404 e. The van der Waals surface area contributed by atoms with E-state index in [-0.39, 0.29) is 6.54 Å². The molecule has 0 bridgehead atoms. The Labute approximate surface area is 145 Å². The van der Waals surface area contributed by atoms with E-state index in [1.165, 1.54) is 23.5 Å². The third-order valence-electron chi connectivity index (χ3n) is 3.38. The van der Waals surface area contributed by atoms with Gasteiger partial charge in [0.1, 0.15) is 10.6 Å². The van der Waals surface area contributed by atoms with Gasteiger partial charge in [-0.1, -0.05) is 30.3 Å². The fourth-order valence-electron chi connectivity index (χ4n) is 2.30. The predicted octanol–water partition coefficient (Wildman–Crippen LogP) is 4.28. The Morgan fingerprint density at radius 2 is 1.72 bits per heavy atom. The molecule has 2 aromatic carbocycles. The fourth-order valence-corrected chi connectivity index (χ4v) is 4.40. The summed E-state index contributed by atoms with van der Waals surface area (Å²) in [5, 5.41) is 2.71. The van der Waals surface area contributed by atoms with Crippen LogP contribution in [0, 0.1) is 0 Å². The van der Waals surface area contributed by atoms with Gasteiger partial charge in [-0.3, -0.25) is 0 Å². The average molecular weight is 387 g/mol. The number of hydrogen-bond donors (Lipinski definition) is 1. The van der Waals surface area contributed by atoms with Gasteiger partial charge in [0.15, 0.2) is 0 Å². The van der Waals surface area contributed by atoms with E-state index in [2.05, 4.69) is 9.46 Å². The van der Waals surface area contributed by atoms with Crippen molar-refractivity contribution < 1.29 is 26.3 Å². The van der Waals surface area contributed by atoms with E-state index in [1.807, 2.05) is 29.6 Å². The van der Waals surface area contributed by atoms with Crippen molar-refractivity contribution in [2.24, 2.45) is 0 Å². The van der Waals surface area contributed by atoms with E-state index in [0.29, 0.717) is 0 Å². The molecule has 0 radical (unpaired) electrons. The molecule has 1 N–H and O–H groups in total. The number of benzene rings is 2. The van der Waals surface area contributed by atoms with Gasteiger partial charge in [0.05, 0.1) is 0 Å². The first-order chi connectivity index (χ1) is 11.8. The molecule has 25 heavy (non-hydrogen) atoms. The molecule has 4 nitrogen and oxygen atoms in total. The van der Waals surface area contributed by atoms with Gasteiger partial charge in [-0.15, -0.1) is 24.5 Å². The molecule has 0 amide bonds. The summed E-state index contributed by atoms with van der Waals surface area (Å²) in [5.74, 6) is -0.766. The largest absolute Gasteiger partial charge is 0.573 e. The second-order valence-electron chi connectivity index (χ2n) is 5.08. The van der Waals surface area contributed by atoms with E-state index in [1.54, 1.807) is 0 Å². The highest BCUT2D eigenvalue weighted by Crippen LogP contribution is 2.30. The number of hydrogen-bond acceptors (Lipinski definition) is 4. The van der Waals surface area contributed by atoms with Gasteiger partial charge in [-0.05, 0) is 34.5 Å². The van der Waals surface area contributed by atoms with Crippen LogP contribution in [0.2, 0.25) is 0 Å². The molecule has 3 aromatic rings. The van der Waals surface area contributed by atoms with Gasteiger partial charge in [0.2, 0.25) is 10.0 Å². The lowest BCUT2D eigenvalue weighted by molar-refractivity contribution is -0.275. The maximum atomic E-state index is 12.5. The Kier molecular flexibility index (Phi) is 4.72. The van der Waals surface area contributed by atoms with Gasteiger partial charge in [0, 0.05) is 11.2 Å². The van der Waals surface area contributed by atoms with Gasteiger partial charge in [0.25, 0.3) is 0 Å². The molecule has 0 saturated carbocycles. The number of fused-ring (bicyclic) bond motifs is 1. The lowest BCUT2D eigenvalue weighted by Gasteiger charge is -2.13. The summed E-state index contributed by atoms with van der Waals surface area (Å²) >= 11 is 1.46. The summed E-state index contributed by atoms with van der Waals surface area (Å²) in [6.45, 7) is -0.0350. The van der Waals surface area contributed by atoms with Crippen molar-refractivity contribution in [3.05, 3.63) is 59.5 Å². The first kappa shape index (κ1) is 17.7. The van der Waals surface area contributed by atoms with Crippen LogP contribution in [-0.4, -0.2) is 14.8 Å². The number of rotatable bonds is 5. The van der Waals surface area contributed by atoms with Crippen molar-refractivity contribution in [1.29, 1.82) is 0 Å². The van der Waals surface area contributed by atoms with Crippen LogP contribution in [0.15, 0.2) is 58.8 Å². The monoisotopic (exact) mass is 387 g/mol. The molecule has 0 fully saturated rings. The smallest absolute Gasteiger partial charge is 0.404 e. The van der Waals surface area contributed by atoms with Gasteiger partial charge in [-0.25, -0.2) is 13.1 Å². The molecule has 0 unspecified atom stereocenters. The molecule has 0 atom stereocenters. The third-order valence-corrected chi connectivity index (χ3v) is 5.83. The van der Waals surface area contributed by atoms with Crippen molar-refractivity contribution >= 4 is 31.4 Å². The van der Waals surface area contributed by atoms with Crippen LogP contribution in [0.5, 0.6) is 5.75 Å². The standard InChI is InChI=1S/C16H12F3NO3S2/c17-16(18,19)23-13-6-2-4-8-15(13)25(21,22)20-9-11-10-24-14-7-3-1-5-12(11)14/h1-8,10,20H,9H2. The molecule has 0 aliphatic heterocycles. The molecule has 1 aromatic heterocycles. The molecule has 0 spiro atoms. The van der Waals surface area contributed by atoms with E-state index in [9.17, 15) is 21.6 Å². The number of nitrogens with one attached hydrogen (secondary N) is 1. The number of alkyl halides is 3. The van der Waals surface area contributed by atoms with Crippen LogP contribution in [0.3, 0.4) is 0 Å². The Balaban J connectivity index is 1.85. The Hall–Kier alpha value is -2.10. The molecule has 0 saturated heterocycles. The summed E-state index contributed by atoms with van der Waals surface area (Å²) in [5.41, 5.74) is 0.749. The minimum atomic E-state index is -4.98. The summed E-state index contributed by atoms with van der Waals surface area (Å²) in [7, 11) is -4.18. The lowest BCUT2D eigenvalue weighted by Crippen LogP contribution is -2.25. The fraction of sp³-hybridized carbons (Fsp3) is 0.125. The SMILES string of the molecule is O=S(=O)(NCc1csc2ccccc12)c1ccccc1OC(F)(F)F. The molecule has 9 heteroatoms. The van der Waals surface area contributed by atoms with E-state index in [0.717, 1.165) is 27.8 Å². The summed E-state index contributed by atoms with van der Waals surface area (Å²) < 4.78 is 69.3. The van der Waals surface area contributed by atoms with Crippen LogP contribution < -0.4 is 9.46 Å². The summed E-state index contributed by atoms with van der Waals surface area (Å²) in [6.07, 6.45) is -4.98. The highest BCUT2D eigenvalue weighted by atomic mass is 32.2. The number of para-hydroxylation sites is 1. The van der Waals surface area contributed by atoms with Crippen molar-refractivity contribution in [3.8, 4) is 5.75 Å². The van der Waals surface area contributed by atoms with Crippen LogP contribution in [0.25, 0.3) is 10.1 Å². The maximum Gasteiger partial charge on any atom is 0.573 e. The topological polar surface area (TPSA) is 55.4 Å². The van der Waals surface area contributed by atoms with E-state index >= 15 is 0 Å². The molecular formula is C16H12F3NO3S2. The van der Waals surface area contributed by atoms with Crippen molar-refractivity contribution in [2.75, 3.05) is 0 Å². The highest BCUT2D eigenvalue weighted by Gasteiger charge is 2.33. The molecule has 3 rings (SSSR count). The van der Waals surface area contributed by atoms with Crippen LogP contribution >= 0.6 is 11.3 Å². The van der Waals surface area contributed by atoms with Gasteiger partial charge in [-0.2, -0.15) is 0 Å². The van der Waals surface area contributed by atoms with Gasteiger partial charge >= 0.3 is 6.36 Å². The molecule has 1 heterocycles. The third kappa shape index (κ3) is 4.12. The zero-order valence-corrected chi connectivity index (χ0v) is 14.2. The molecule has 132 valence electrons. The second kappa shape index (κ2) is 6.66.